The lowest BCUT2D eigenvalue weighted by Crippen LogP contribution is -2.30. The summed E-state index contributed by atoms with van der Waals surface area (Å²) in [7, 11) is 0. The summed E-state index contributed by atoms with van der Waals surface area (Å²) in [5, 5.41) is 6.10. The second-order valence-electron chi connectivity index (χ2n) is 5.21. The van der Waals surface area contributed by atoms with Crippen molar-refractivity contribution in [3.8, 4) is 9.88 Å². The number of carbonyl (C=O) groups is 1. The molecule has 0 aliphatic carbocycles. The average Bonchev–Trinajstić information content (AvgIpc) is 3.26. The van der Waals surface area contributed by atoms with Crippen molar-refractivity contribution in [1.29, 1.82) is 0 Å². The van der Waals surface area contributed by atoms with Crippen LogP contribution in [0.3, 0.4) is 0 Å². The second-order valence-corrected chi connectivity index (χ2v) is 8.32. The van der Waals surface area contributed by atoms with Crippen LogP contribution in [0.5, 0.6) is 0 Å². The van der Waals surface area contributed by atoms with Crippen LogP contribution >= 0.6 is 34.4 Å². The molecular formula is C17H14N2OS3. The zero-order valence-corrected chi connectivity index (χ0v) is 14.6. The Morgan fingerprint density at radius 3 is 3.00 bits per heavy atom. The number of rotatable bonds is 3. The standard InChI is InChI=1S/C17H14N2OS3/c20-16(15-10-18-17(23-15)14-6-3-8-21-14)19-12-7-9-22-13-5-2-1-4-11(12)13/h1-6,8,10,12H,7,9H2,(H,19,20). The minimum Gasteiger partial charge on any atom is -0.344 e. The van der Waals surface area contributed by atoms with Gasteiger partial charge in [0.15, 0.2) is 0 Å². The molecule has 1 N–H and O–H groups in total. The summed E-state index contributed by atoms with van der Waals surface area (Å²) >= 11 is 4.95. The number of aromatic nitrogens is 1. The van der Waals surface area contributed by atoms with Crippen molar-refractivity contribution >= 4 is 40.3 Å². The van der Waals surface area contributed by atoms with E-state index < -0.39 is 0 Å². The highest BCUT2D eigenvalue weighted by atomic mass is 32.2. The quantitative estimate of drug-likeness (QED) is 0.728. The maximum Gasteiger partial charge on any atom is 0.263 e. The van der Waals surface area contributed by atoms with Gasteiger partial charge in [-0.1, -0.05) is 24.3 Å². The molecule has 4 rings (SSSR count). The van der Waals surface area contributed by atoms with Crippen molar-refractivity contribution in [3.63, 3.8) is 0 Å². The number of fused-ring (bicyclic) bond motifs is 1. The van der Waals surface area contributed by atoms with Crippen molar-refractivity contribution < 1.29 is 4.79 Å². The number of amides is 1. The minimum atomic E-state index is -0.0305. The van der Waals surface area contributed by atoms with Crippen molar-refractivity contribution in [2.24, 2.45) is 0 Å². The van der Waals surface area contributed by atoms with Crippen LogP contribution in [-0.2, 0) is 0 Å². The van der Waals surface area contributed by atoms with Crippen LogP contribution in [-0.4, -0.2) is 16.6 Å². The molecule has 1 aliphatic rings. The first-order valence-electron chi connectivity index (χ1n) is 7.33. The van der Waals surface area contributed by atoms with Gasteiger partial charge in [-0.3, -0.25) is 4.79 Å². The number of thioether (sulfide) groups is 1. The van der Waals surface area contributed by atoms with Crippen LogP contribution in [0.25, 0.3) is 9.88 Å². The number of carbonyl (C=O) groups excluding carboxylic acids is 1. The van der Waals surface area contributed by atoms with Gasteiger partial charge in [-0.2, -0.15) is 0 Å². The average molecular weight is 359 g/mol. The monoisotopic (exact) mass is 358 g/mol. The van der Waals surface area contributed by atoms with Crippen molar-refractivity contribution in [3.05, 3.63) is 58.4 Å². The Bertz CT molecular complexity index is 826. The predicted molar refractivity (Wildman–Crippen MR) is 97.4 cm³/mol. The number of hydrogen-bond donors (Lipinski definition) is 1. The maximum atomic E-state index is 12.6. The van der Waals surface area contributed by atoms with E-state index >= 15 is 0 Å². The van der Waals surface area contributed by atoms with Crippen molar-refractivity contribution in [2.75, 3.05) is 5.75 Å². The van der Waals surface area contributed by atoms with E-state index in [1.807, 2.05) is 41.4 Å². The van der Waals surface area contributed by atoms with Gasteiger partial charge in [-0.25, -0.2) is 4.98 Å². The van der Waals surface area contributed by atoms with Crippen molar-refractivity contribution in [2.45, 2.75) is 17.4 Å². The molecule has 6 heteroatoms. The Balaban J connectivity index is 1.53. The van der Waals surface area contributed by atoms with Crippen LogP contribution in [0, 0.1) is 0 Å². The van der Waals surface area contributed by atoms with E-state index in [9.17, 15) is 4.79 Å². The molecule has 0 saturated heterocycles. The van der Waals surface area contributed by atoms with E-state index in [2.05, 4.69) is 22.4 Å². The highest BCUT2D eigenvalue weighted by molar-refractivity contribution is 7.99. The second kappa shape index (κ2) is 6.47. The van der Waals surface area contributed by atoms with Crippen molar-refractivity contribution in [1.82, 2.24) is 10.3 Å². The Labute approximate surface area is 146 Å². The molecule has 1 amide bonds. The van der Waals surface area contributed by atoms with Gasteiger partial charge < -0.3 is 5.32 Å². The van der Waals surface area contributed by atoms with E-state index in [4.69, 9.17) is 0 Å². The van der Waals surface area contributed by atoms with Gasteiger partial charge in [0.1, 0.15) is 9.88 Å². The SMILES string of the molecule is O=C(NC1CCSc2ccccc21)c1cnc(-c2cccs2)s1. The normalized spacial score (nSPS) is 16.8. The molecule has 0 saturated carbocycles. The number of thiazole rings is 1. The molecule has 116 valence electrons. The Morgan fingerprint density at radius 1 is 1.22 bits per heavy atom. The molecule has 0 radical (unpaired) electrons. The maximum absolute atomic E-state index is 12.6. The van der Waals surface area contributed by atoms with Gasteiger partial charge in [-0.15, -0.1) is 34.4 Å². The Morgan fingerprint density at radius 2 is 2.13 bits per heavy atom. The Hall–Kier alpha value is -1.63. The minimum absolute atomic E-state index is 0.0305. The van der Waals surface area contributed by atoms with Gasteiger partial charge in [-0.05, 0) is 29.5 Å². The van der Waals surface area contributed by atoms with E-state index in [0.29, 0.717) is 4.88 Å². The molecule has 0 fully saturated rings. The molecule has 3 nitrogen and oxygen atoms in total. The van der Waals surface area contributed by atoms with E-state index in [-0.39, 0.29) is 11.9 Å². The molecule has 1 atom stereocenters. The number of hydrogen-bond acceptors (Lipinski definition) is 5. The van der Waals surface area contributed by atoms with Gasteiger partial charge in [0.2, 0.25) is 0 Å². The molecule has 1 aliphatic heterocycles. The fourth-order valence-corrected chi connectivity index (χ4v) is 5.36. The lowest BCUT2D eigenvalue weighted by molar-refractivity contribution is 0.0939. The fraction of sp³-hybridized carbons (Fsp3) is 0.176. The third-order valence-electron chi connectivity index (χ3n) is 3.73. The van der Waals surface area contributed by atoms with Crippen LogP contribution in [0.15, 0.2) is 52.9 Å². The third-order valence-corrected chi connectivity index (χ3v) is 6.88. The van der Waals surface area contributed by atoms with Crippen LogP contribution in [0.1, 0.15) is 27.7 Å². The molecule has 0 spiro atoms. The zero-order valence-electron chi connectivity index (χ0n) is 12.2. The van der Waals surface area contributed by atoms with Gasteiger partial charge in [0, 0.05) is 10.6 Å². The predicted octanol–water partition coefficient (Wildman–Crippen LogP) is 4.84. The van der Waals surface area contributed by atoms with E-state index in [1.165, 1.54) is 21.8 Å². The zero-order chi connectivity index (χ0) is 15.6. The molecular weight excluding hydrogens is 344 g/mol. The van der Waals surface area contributed by atoms with Gasteiger partial charge >= 0.3 is 0 Å². The summed E-state index contributed by atoms with van der Waals surface area (Å²) in [5.74, 6) is 1.00. The molecule has 0 bridgehead atoms. The largest absolute Gasteiger partial charge is 0.344 e. The first-order valence-corrected chi connectivity index (χ1v) is 10.0. The van der Waals surface area contributed by atoms with Crippen LogP contribution < -0.4 is 5.32 Å². The van der Waals surface area contributed by atoms with Crippen LogP contribution in [0.4, 0.5) is 0 Å². The molecule has 1 unspecified atom stereocenters. The summed E-state index contributed by atoms with van der Waals surface area (Å²) in [6, 6.07) is 12.4. The smallest absolute Gasteiger partial charge is 0.263 e. The molecule has 23 heavy (non-hydrogen) atoms. The number of thiophene rings is 1. The first kappa shape index (κ1) is 14.9. The van der Waals surface area contributed by atoms with Crippen LogP contribution in [0.2, 0.25) is 0 Å². The lowest BCUT2D eigenvalue weighted by atomic mass is 10.0. The molecule has 1 aromatic carbocycles. The highest BCUT2D eigenvalue weighted by Crippen LogP contribution is 2.36. The van der Waals surface area contributed by atoms with E-state index in [1.54, 1.807) is 17.5 Å². The van der Waals surface area contributed by atoms with Gasteiger partial charge in [0.25, 0.3) is 5.91 Å². The molecule has 2 aromatic heterocycles. The lowest BCUT2D eigenvalue weighted by Gasteiger charge is -2.25. The number of nitrogens with one attached hydrogen (secondary N) is 1. The summed E-state index contributed by atoms with van der Waals surface area (Å²) in [6.45, 7) is 0. The first-order chi connectivity index (χ1) is 11.3. The summed E-state index contributed by atoms with van der Waals surface area (Å²) < 4.78 is 0. The Kier molecular flexibility index (Phi) is 4.20. The summed E-state index contributed by atoms with van der Waals surface area (Å²) in [6.07, 6.45) is 2.64. The number of nitrogens with zero attached hydrogens (tertiary/aromatic N) is 1. The third kappa shape index (κ3) is 3.06. The highest BCUT2D eigenvalue weighted by Gasteiger charge is 2.23. The molecule has 3 aromatic rings. The number of benzene rings is 1. The summed E-state index contributed by atoms with van der Waals surface area (Å²) in [5.41, 5.74) is 1.22. The van der Waals surface area contributed by atoms with Gasteiger partial charge in [0.05, 0.1) is 17.1 Å². The summed E-state index contributed by atoms with van der Waals surface area (Å²) in [4.78, 5) is 20.0. The molecule has 3 heterocycles. The topological polar surface area (TPSA) is 42.0 Å². The fourth-order valence-electron chi connectivity index (χ4n) is 2.61. The van der Waals surface area contributed by atoms with E-state index in [0.717, 1.165) is 22.1 Å².